The average Bonchev–Trinajstić information content (AvgIpc) is 2.85. The van der Waals surface area contributed by atoms with Gasteiger partial charge in [-0.2, -0.15) is 0 Å². The monoisotopic (exact) mass is 262 g/mol. The molecule has 2 aromatic rings. The van der Waals surface area contributed by atoms with Crippen LogP contribution in [0.2, 0.25) is 0 Å². The van der Waals surface area contributed by atoms with Crippen LogP contribution in [0.15, 0.2) is 30.6 Å². The largest absolute Gasteiger partial charge is 0.362 e. The van der Waals surface area contributed by atoms with E-state index in [0.29, 0.717) is 18.8 Å². The van der Waals surface area contributed by atoms with Gasteiger partial charge in [0.25, 0.3) is 5.69 Å². The summed E-state index contributed by atoms with van der Waals surface area (Å²) in [7, 11) is 0. The van der Waals surface area contributed by atoms with Crippen molar-refractivity contribution in [3.05, 3.63) is 52.3 Å². The molecule has 6 nitrogen and oxygen atoms in total. The summed E-state index contributed by atoms with van der Waals surface area (Å²) in [5.74, 6) is 0.274. The third-order valence-corrected chi connectivity index (χ3v) is 3.19. The van der Waals surface area contributed by atoms with E-state index in [9.17, 15) is 14.5 Å². The van der Waals surface area contributed by atoms with Crippen molar-refractivity contribution in [2.75, 3.05) is 11.4 Å². The molecular formula is C12H11FN4O2. The number of nitro benzene ring substituents is 1. The highest BCUT2D eigenvalue weighted by Gasteiger charge is 2.19. The topological polar surface area (TPSA) is 64.2 Å². The Morgan fingerprint density at radius 2 is 2.16 bits per heavy atom. The first-order valence-corrected chi connectivity index (χ1v) is 5.83. The summed E-state index contributed by atoms with van der Waals surface area (Å²) in [5.41, 5.74) is 0.282. The minimum absolute atomic E-state index is 0.232. The molecule has 0 fully saturated rings. The van der Waals surface area contributed by atoms with E-state index in [1.54, 1.807) is 6.20 Å². The van der Waals surface area contributed by atoms with Crippen LogP contribution in [0.1, 0.15) is 5.82 Å². The minimum Gasteiger partial charge on any atom is -0.362 e. The van der Waals surface area contributed by atoms with E-state index in [2.05, 4.69) is 4.98 Å². The molecule has 0 N–H and O–H groups in total. The molecule has 1 aliphatic heterocycles. The van der Waals surface area contributed by atoms with Gasteiger partial charge in [0, 0.05) is 37.2 Å². The lowest BCUT2D eigenvalue weighted by Crippen LogP contribution is -2.33. The van der Waals surface area contributed by atoms with E-state index in [1.165, 1.54) is 12.1 Å². The van der Waals surface area contributed by atoms with Crippen LogP contribution in [-0.4, -0.2) is 21.0 Å². The molecule has 0 amide bonds. The van der Waals surface area contributed by atoms with Gasteiger partial charge in [-0.15, -0.1) is 0 Å². The number of halogens is 1. The summed E-state index contributed by atoms with van der Waals surface area (Å²) >= 11 is 0. The van der Waals surface area contributed by atoms with Gasteiger partial charge in [-0.05, 0) is 6.07 Å². The van der Waals surface area contributed by atoms with Crippen molar-refractivity contribution in [1.82, 2.24) is 9.55 Å². The number of benzene rings is 1. The molecule has 19 heavy (non-hydrogen) atoms. The fourth-order valence-corrected chi connectivity index (χ4v) is 2.24. The highest BCUT2D eigenvalue weighted by molar-refractivity contribution is 5.54. The SMILES string of the molecule is O=[N+]([O-])c1cc(F)cc(N2CCn3ccnc3C2)c1. The minimum atomic E-state index is -0.599. The van der Waals surface area contributed by atoms with Crippen molar-refractivity contribution in [2.45, 2.75) is 13.1 Å². The maximum absolute atomic E-state index is 13.4. The summed E-state index contributed by atoms with van der Waals surface area (Å²) in [6.07, 6.45) is 3.60. The van der Waals surface area contributed by atoms with Crippen molar-refractivity contribution in [2.24, 2.45) is 0 Å². The van der Waals surface area contributed by atoms with Crippen LogP contribution in [0.4, 0.5) is 15.8 Å². The lowest BCUT2D eigenvalue weighted by atomic mass is 10.2. The van der Waals surface area contributed by atoms with Crippen LogP contribution in [0.5, 0.6) is 0 Å². The number of nitro groups is 1. The molecule has 0 saturated heterocycles. The molecule has 1 aromatic carbocycles. The molecule has 0 radical (unpaired) electrons. The molecule has 0 saturated carbocycles. The van der Waals surface area contributed by atoms with E-state index < -0.39 is 10.7 Å². The molecule has 1 aliphatic rings. The van der Waals surface area contributed by atoms with Crippen molar-refractivity contribution in [3.63, 3.8) is 0 Å². The van der Waals surface area contributed by atoms with Gasteiger partial charge in [0.05, 0.1) is 17.5 Å². The summed E-state index contributed by atoms with van der Waals surface area (Å²) in [6, 6.07) is 3.63. The van der Waals surface area contributed by atoms with Gasteiger partial charge in [-0.3, -0.25) is 10.1 Å². The molecule has 3 rings (SSSR count). The number of non-ortho nitro benzene ring substituents is 1. The number of nitrogens with zero attached hydrogens (tertiary/aromatic N) is 4. The number of rotatable bonds is 2. The quantitative estimate of drug-likeness (QED) is 0.613. The van der Waals surface area contributed by atoms with Crippen LogP contribution in [0, 0.1) is 15.9 Å². The lowest BCUT2D eigenvalue weighted by molar-refractivity contribution is -0.385. The Hall–Kier alpha value is -2.44. The number of imidazole rings is 1. The Morgan fingerprint density at radius 3 is 2.95 bits per heavy atom. The maximum Gasteiger partial charge on any atom is 0.274 e. The van der Waals surface area contributed by atoms with Crippen molar-refractivity contribution < 1.29 is 9.31 Å². The van der Waals surface area contributed by atoms with Gasteiger partial charge in [-0.1, -0.05) is 0 Å². The van der Waals surface area contributed by atoms with Crippen LogP contribution >= 0.6 is 0 Å². The van der Waals surface area contributed by atoms with Crippen LogP contribution in [-0.2, 0) is 13.1 Å². The lowest BCUT2D eigenvalue weighted by Gasteiger charge is -2.29. The van der Waals surface area contributed by atoms with E-state index in [-0.39, 0.29) is 5.69 Å². The van der Waals surface area contributed by atoms with E-state index in [1.807, 2.05) is 15.7 Å². The predicted octanol–water partition coefficient (Wildman–Crippen LogP) is 1.95. The van der Waals surface area contributed by atoms with Gasteiger partial charge < -0.3 is 9.47 Å². The smallest absolute Gasteiger partial charge is 0.274 e. The van der Waals surface area contributed by atoms with Gasteiger partial charge in [0.1, 0.15) is 11.6 Å². The maximum atomic E-state index is 13.4. The van der Waals surface area contributed by atoms with Crippen LogP contribution in [0.3, 0.4) is 0 Å². The van der Waals surface area contributed by atoms with Crippen LogP contribution < -0.4 is 4.90 Å². The van der Waals surface area contributed by atoms with E-state index in [4.69, 9.17) is 0 Å². The standard InChI is InChI=1S/C12H11FN4O2/c13-9-5-10(7-11(6-9)17(18)19)16-4-3-15-2-1-14-12(15)8-16/h1-2,5-7H,3-4,8H2. The third-order valence-electron chi connectivity index (χ3n) is 3.19. The summed E-state index contributed by atoms with van der Waals surface area (Å²) in [5, 5.41) is 10.7. The first-order valence-electron chi connectivity index (χ1n) is 5.83. The number of fused-ring (bicyclic) bond motifs is 1. The summed E-state index contributed by atoms with van der Waals surface area (Å²) < 4.78 is 15.4. The van der Waals surface area contributed by atoms with Crippen molar-refractivity contribution in [1.29, 1.82) is 0 Å². The molecule has 0 spiro atoms. The van der Waals surface area contributed by atoms with Gasteiger partial charge in [0.2, 0.25) is 0 Å². The first-order chi connectivity index (χ1) is 9.13. The van der Waals surface area contributed by atoms with Crippen LogP contribution in [0.25, 0.3) is 0 Å². The zero-order valence-corrected chi connectivity index (χ0v) is 9.99. The van der Waals surface area contributed by atoms with Gasteiger partial charge >= 0.3 is 0 Å². The van der Waals surface area contributed by atoms with Gasteiger partial charge in [0.15, 0.2) is 0 Å². The van der Waals surface area contributed by atoms with Crippen molar-refractivity contribution in [3.8, 4) is 0 Å². The zero-order chi connectivity index (χ0) is 13.4. The second kappa shape index (κ2) is 4.34. The average molecular weight is 262 g/mol. The Labute approximate surface area is 108 Å². The molecule has 0 aliphatic carbocycles. The van der Waals surface area contributed by atoms with Crippen molar-refractivity contribution >= 4 is 11.4 Å². The summed E-state index contributed by atoms with van der Waals surface area (Å²) in [4.78, 5) is 16.3. The second-order valence-electron chi connectivity index (χ2n) is 4.38. The Bertz CT molecular complexity index is 640. The van der Waals surface area contributed by atoms with E-state index in [0.717, 1.165) is 18.4 Å². The molecule has 2 heterocycles. The molecule has 1 aromatic heterocycles. The second-order valence-corrected chi connectivity index (χ2v) is 4.38. The molecule has 0 bridgehead atoms. The Balaban J connectivity index is 1.93. The highest BCUT2D eigenvalue weighted by Crippen LogP contribution is 2.26. The number of hydrogen-bond acceptors (Lipinski definition) is 4. The zero-order valence-electron chi connectivity index (χ0n) is 9.99. The number of aromatic nitrogens is 2. The summed E-state index contributed by atoms with van der Waals surface area (Å²) in [6.45, 7) is 1.93. The van der Waals surface area contributed by atoms with Gasteiger partial charge in [-0.25, -0.2) is 9.37 Å². The van der Waals surface area contributed by atoms with E-state index >= 15 is 0 Å². The fourth-order valence-electron chi connectivity index (χ4n) is 2.24. The number of hydrogen-bond donors (Lipinski definition) is 0. The molecular weight excluding hydrogens is 251 g/mol. The number of anilines is 1. The Morgan fingerprint density at radius 1 is 1.32 bits per heavy atom. The Kier molecular flexibility index (Phi) is 2.66. The molecule has 7 heteroatoms. The fraction of sp³-hybridized carbons (Fsp3) is 0.250. The predicted molar refractivity (Wildman–Crippen MR) is 66.3 cm³/mol. The molecule has 0 unspecified atom stereocenters. The third kappa shape index (κ3) is 2.14. The highest BCUT2D eigenvalue weighted by atomic mass is 19.1. The molecule has 98 valence electrons. The normalized spacial score (nSPS) is 14.3. The molecule has 0 atom stereocenters. The first kappa shape index (κ1) is 11.6.